The molecule has 29 heavy (non-hydrogen) atoms. The van der Waals surface area contributed by atoms with Crippen molar-refractivity contribution in [2.45, 2.75) is 18.9 Å². The smallest absolute Gasteiger partial charge is 0.251 e. The number of hydrogen-bond donors (Lipinski definition) is 1. The molecule has 154 valence electrons. The molecule has 0 spiro atoms. The Morgan fingerprint density at radius 3 is 2.62 bits per heavy atom. The first kappa shape index (κ1) is 19.5. The summed E-state index contributed by atoms with van der Waals surface area (Å²) in [6.45, 7) is 4.90. The highest BCUT2D eigenvalue weighted by Gasteiger charge is 2.20. The fourth-order valence-electron chi connectivity index (χ4n) is 3.83. The van der Waals surface area contributed by atoms with Gasteiger partial charge in [0, 0.05) is 56.8 Å². The van der Waals surface area contributed by atoms with Crippen LogP contribution in [0.1, 0.15) is 23.2 Å². The van der Waals surface area contributed by atoms with Gasteiger partial charge in [0.1, 0.15) is 11.6 Å². The Morgan fingerprint density at radius 1 is 1.17 bits per heavy atom. The van der Waals surface area contributed by atoms with Gasteiger partial charge in [-0.25, -0.2) is 4.98 Å². The van der Waals surface area contributed by atoms with Crippen LogP contribution in [0.4, 0.5) is 11.5 Å². The summed E-state index contributed by atoms with van der Waals surface area (Å²) in [5.41, 5.74) is 1.84. The van der Waals surface area contributed by atoms with Gasteiger partial charge in [-0.2, -0.15) is 0 Å². The number of pyridine rings is 1. The van der Waals surface area contributed by atoms with Crippen LogP contribution in [0.5, 0.6) is 5.75 Å². The van der Waals surface area contributed by atoms with Crippen molar-refractivity contribution in [1.29, 1.82) is 0 Å². The molecule has 2 aromatic rings. The van der Waals surface area contributed by atoms with Crippen molar-refractivity contribution >= 4 is 17.4 Å². The predicted octanol–water partition coefficient (Wildman–Crippen LogP) is 2.33. The highest BCUT2D eigenvalue weighted by atomic mass is 16.5. The molecule has 2 aliphatic heterocycles. The third kappa shape index (κ3) is 4.79. The second kappa shape index (κ2) is 9.13. The molecular formula is C22H28N4O3. The fraction of sp³-hybridized carbons (Fsp3) is 0.455. The molecule has 2 fully saturated rings. The van der Waals surface area contributed by atoms with Gasteiger partial charge in [-0.3, -0.25) is 4.79 Å². The van der Waals surface area contributed by atoms with Gasteiger partial charge in [0.05, 0.1) is 13.2 Å². The molecule has 0 saturated carbocycles. The zero-order valence-electron chi connectivity index (χ0n) is 16.8. The van der Waals surface area contributed by atoms with E-state index in [4.69, 9.17) is 9.47 Å². The quantitative estimate of drug-likeness (QED) is 0.808. The van der Waals surface area contributed by atoms with Gasteiger partial charge >= 0.3 is 0 Å². The summed E-state index contributed by atoms with van der Waals surface area (Å²) in [5.74, 6) is 1.65. The molecule has 7 heteroatoms. The van der Waals surface area contributed by atoms with Crippen LogP contribution < -0.4 is 19.9 Å². The van der Waals surface area contributed by atoms with E-state index in [0.717, 1.165) is 57.2 Å². The first-order valence-electron chi connectivity index (χ1n) is 10.2. The van der Waals surface area contributed by atoms with Crippen LogP contribution in [0.3, 0.4) is 0 Å². The van der Waals surface area contributed by atoms with Gasteiger partial charge < -0.3 is 24.6 Å². The number of benzene rings is 1. The Kier molecular flexibility index (Phi) is 6.14. The Bertz CT molecular complexity index is 813. The standard InChI is InChI=1S/C22H28N4O3/c1-28-19-6-4-18(5-7-19)25-10-12-26(13-11-25)21-15-17(8-9-23-21)22(27)24-16-20-3-2-14-29-20/h4-9,15,20H,2-3,10-14,16H2,1H3,(H,24,27). The molecule has 1 aromatic heterocycles. The lowest BCUT2D eigenvalue weighted by molar-refractivity contribution is 0.0857. The van der Waals surface area contributed by atoms with Crippen molar-refractivity contribution in [2.24, 2.45) is 0 Å². The average molecular weight is 396 g/mol. The Labute approximate surface area is 171 Å². The molecule has 0 bridgehead atoms. The summed E-state index contributed by atoms with van der Waals surface area (Å²) in [5, 5.41) is 2.98. The van der Waals surface area contributed by atoms with E-state index in [1.54, 1.807) is 19.4 Å². The van der Waals surface area contributed by atoms with E-state index in [1.165, 1.54) is 5.69 Å². The molecule has 1 atom stereocenters. The molecule has 0 aliphatic carbocycles. The highest BCUT2D eigenvalue weighted by Crippen LogP contribution is 2.22. The maximum Gasteiger partial charge on any atom is 0.251 e. The van der Waals surface area contributed by atoms with Crippen molar-refractivity contribution in [1.82, 2.24) is 10.3 Å². The fourth-order valence-corrected chi connectivity index (χ4v) is 3.83. The third-order valence-electron chi connectivity index (χ3n) is 5.56. The molecule has 1 aromatic carbocycles. The lowest BCUT2D eigenvalue weighted by atomic mass is 10.2. The summed E-state index contributed by atoms with van der Waals surface area (Å²) in [6.07, 6.45) is 3.95. The number of hydrogen-bond acceptors (Lipinski definition) is 6. The number of aromatic nitrogens is 1. The predicted molar refractivity (Wildman–Crippen MR) is 113 cm³/mol. The van der Waals surface area contributed by atoms with E-state index < -0.39 is 0 Å². The van der Waals surface area contributed by atoms with Gasteiger partial charge in [-0.05, 0) is 49.2 Å². The molecule has 1 amide bonds. The molecule has 1 unspecified atom stereocenters. The van der Waals surface area contributed by atoms with Crippen molar-refractivity contribution in [2.75, 3.05) is 56.2 Å². The van der Waals surface area contributed by atoms with Crippen molar-refractivity contribution in [3.63, 3.8) is 0 Å². The summed E-state index contributed by atoms with van der Waals surface area (Å²) in [4.78, 5) is 21.6. The largest absolute Gasteiger partial charge is 0.497 e. The molecule has 0 radical (unpaired) electrons. The van der Waals surface area contributed by atoms with E-state index in [0.29, 0.717) is 12.1 Å². The second-order valence-corrected chi connectivity index (χ2v) is 7.42. The molecule has 2 saturated heterocycles. The number of ether oxygens (including phenoxy) is 2. The van der Waals surface area contributed by atoms with E-state index in [9.17, 15) is 4.79 Å². The molecule has 2 aliphatic rings. The Balaban J connectivity index is 1.33. The molecule has 7 nitrogen and oxygen atoms in total. The van der Waals surface area contributed by atoms with Crippen LogP contribution in [-0.2, 0) is 4.74 Å². The van der Waals surface area contributed by atoms with Crippen LogP contribution >= 0.6 is 0 Å². The Hall–Kier alpha value is -2.80. The van der Waals surface area contributed by atoms with Gasteiger partial charge in [0.25, 0.3) is 5.91 Å². The highest BCUT2D eigenvalue weighted by molar-refractivity contribution is 5.94. The van der Waals surface area contributed by atoms with Gasteiger partial charge in [-0.1, -0.05) is 0 Å². The number of rotatable bonds is 6. The second-order valence-electron chi connectivity index (χ2n) is 7.42. The number of methoxy groups -OCH3 is 1. The van der Waals surface area contributed by atoms with Crippen LogP contribution in [-0.4, -0.2) is 63.4 Å². The van der Waals surface area contributed by atoms with Crippen molar-refractivity contribution < 1.29 is 14.3 Å². The van der Waals surface area contributed by atoms with E-state index >= 15 is 0 Å². The molecular weight excluding hydrogens is 368 g/mol. The monoisotopic (exact) mass is 396 g/mol. The maximum atomic E-state index is 12.5. The molecule has 4 rings (SSSR count). The van der Waals surface area contributed by atoms with E-state index in [1.807, 2.05) is 18.2 Å². The zero-order chi connectivity index (χ0) is 20.1. The minimum absolute atomic E-state index is 0.0685. The van der Waals surface area contributed by atoms with E-state index in [2.05, 4.69) is 32.2 Å². The van der Waals surface area contributed by atoms with Gasteiger partial charge in [0.15, 0.2) is 0 Å². The zero-order valence-corrected chi connectivity index (χ0v) is 16.8. The van der Waals surface area contributed by atoms with Crippen LogP contribution in [0.2, 0.25) is 0 Å². The van der Waals surface area contributed by atoms with Gasteiger partial charge in [-0.15, -0.1) is 0 Å². The van der Waals surface area contributed by atoms with Gasteiger partial charge in [0.2, 0.25) is 0 Å². The molecule has 1 N–H and O–H groups in total. The topological polar surface area (TPSA) is 66.9 Å². The number of carbonyl (C=O) groups is 1. The summed E-state index contributed by atoms with van der Waals surface area (Å²) in [6, 6.07) is 11.8. The van der Waals surface area contributed by atoms with E-state index in [-0.39, 0.29) is 12.0 Å². The number of anilines is 2. The first-order chi connectivity index (χ1) is 14.2. The molecule has 3 heterocycles. The van der Waals surface area contributed by atoms with Crippen molar-refractivity contribution in [3.05, 3.63) is 48.2 Å². The third-order valence-corrected chi connectivity index (χ3v) is 5.56. The van der Waals surface area contributed by atoms with Crippen LogP contribution in [0.15, 0.2) is 42.6 Å². The number of nitrogens with zero attached hydrogens (tertiary/aromatic N) is 3. The minimum atomic E-state index is -0.0685. The van der Waals surface area contributed by atoms with Crippen molar-refractivity contribution in [3.8, 4) is 5.75 Å². The lowest BCUT2D eigenvalue weighted by Gasteiger charge is -2.36. The number of amides is 1. The average Bonchev–Trinajstić information content (AvgIpc) is 3.31. The lowest BCUT2D eigenvalue weighted by Crippen LogP contribution is -2.46. The maximum absolute atomic E-state index is 12.5. The number of nitrogens with one attached hydrogen (secondary N) is 1. The minimum Gasteiger partial charge on any atom is -0.497 e. The number of carbonyl (C=O) groups excluding carboxylic acids is 1. The number of piperazine rings is 1. The summed E-state index contributed by atoms with van der Waals surface area (Å²) < 4.78 is 10.8. The van der Waals surface area contributed by atoms with Crippen LogP contribution in [0, 0.1) is 0 Å². The SMILES string of the molecule is COc1ccc(N2CCN(c3cc(C(=O)NCC4CCCO4)ccn3)CC2)cc1. The summed E-state index contributed by atoms with van der Waals surface area (Å²) in [7, 11) is 1.68. The first-order valence-corrected chi connectivity index (χ1v) is 10.2. The van der Waals surface area contributed by atoms with Crippen LogP contribution in [0.25, 0.3) is 0 Å². The Morgan fingerprint density at radius 2 is 1.93 bits per heavy atom. The summed E-state index contributed by atoms with van der Waals surface area (Å²) >= 11 is 0. The normalized spacial score (nSPS) is 19.3.